The molecule has 11 nitrogen and oxygen atoms in total. The standard InChI is InChI=1S/C8H8N4.C5H7N3.C5H7NO.C2H6O.C2H5O.2CH4.Na/c9-8-3-5-12(11-8)7-2-1-4-10-6-7;6-8-5-2-1-3-7-4-5;1-2-7-5-3-4-6;2*1-2-3;;;/h1-6H,(H2,9,11);1-4,8H,6H2;3,5H,2H2,1H3;3H,2H2,1H3;2H2,1H3;2*1H4;/q;;;;-1;;;+1/b;;5-3+;;;;;. The van der Waals surface area contributed by atoms with E-state index in [0.29, 0.717) is 12.4 Å². The Bertz CT molecular complexity index is 859. The number of anilines is 2. The average Bonchev–Trinajstić information content (AvgIpc) is 3.29. The molecule has 0 unspecified atom stereocenters. The Morgan fingerprint density at radius 1 is 1.14 bits per heavy atom. The van der Waals surface area contributed by atoms with Gasteiger partial charge in [-0.25, -0.2) is 4.68 Å². The van der Waals surface area contributed by atoms with Gasteiger partial charge in [0.05, 0.1) is 48.8 Å². The van der Waals surface area contributed by atoms with Gasteiger partial charge < -0.3 is 26.1 Å². The fourth-order valence-electron chi connectivity index (χ4n) is 1.59. The molecule has 0 amide bonds. The molecule has 0 spiro atoms. The van der Waals surface area contributed by atoms with Gasteiger partial charge in [0, 0.05) is 31.3 Å². The topological polar surface area (TPSA) is 184 Å². The molecule has 3 heterocycles. The Labute approximate surface area is 238 Å². The minimum absolute atomic E-state index is 0. The number of ether oxygens (including phenoxy) is 1. The van der Waals surface area contributed by atoms with Gasteiger partial charge in [0.15, 0.2) is 0 Å². The van der Waals surface area contributed by atoms with Gasteiger partial charge in [-0.15, -0.1) is 6.61 Å². The molecule has 0 fully saturated rings. The monoisotopic (exact) mass is 512 g/mol. The van der Waals surface area contributed by atoms with Crippen LogP contribution in [0.25, 0.3) is 5.69 Å². The first-order chi connectivity index (χ1) is 16.0. The van der Waals surface area contributed by atoms with E-state index in [1.54, 1.807) is 61.6 Å². The van der Waals surface area contributed by atoms with E-state index < -0.39 is 0 Å². The number of nitrogens with zero attached hydrogens (tertiary/aromatic N) is 5. The summed E-state index contributed by atoms with van der Waals surface area (Å²) in [4.78, 5) is 7.78. The van der Waals surface area contributed by atoms with Gasteiger partial charge in [0.1, 0.15) is 5.82 Å². The number of nitrogens with one attached hydrogen (secondary N) is 1. The van der Waals surface area contributed by atoms with Gasteiger partial charge in [-0.3, -0.25) is 15.8 Å². The number of nitriles is 1. The van der Waals surface area contributed by atoms with Crippen molar-refractivity contribution >= 4 is 11.5 Å². The number of hydrazine groups is 1. The van der Waals surface area contributed by atoms with Crippen molar-refractivity contribution in [3.63, 3.8) is 0 Å². The number of aromatic nitrogens is 4. The molecule has 6 N–H and O–H groups in total. The molecule has 3 aromatic heterocycles. The predicted molar refractivity (Wildman–Crippen MR) is 141 cm³/mol. The molecule has 0 atom stereocenters. The Hall–Kier alpha value is -2.98. The number of nitrogens with two attached hydrogens (primary N) is 2. The van der Waals surface area contributed by atoms with Crippen LogP contribution in [0.15, 0.2) is 73.7 Å². The van der Waals surface area contributed by atoms with E-state index >= 15 is 0 Å². The summed E-state index contributed by atoms with van der Waals surface area (Å²) in [5.74, 6) is 5.57. The smallest absolute Gasteiger partial charge is 0.855 e. The quantitative estimate of drug-likeness (QED) is 0.121. The molecule has 36 heavy (non-hydrogen) atoms. The summed E-state index contributed by atoms with van der Waals surface area (Å²) in [6.07, 6.45) is 11.3. The van der Waals surface area contributed by atoms with Crippen LogP contribution in [-0.2, 0) is 4.74 Å². The predicted octanol–water partition coefficient (Wildman–Crippen LogP) is -0.0817. The molecule has 0 aliphatic heterocycles. The molecule has 12 heteroatoms. The fraction of sp³-hybridized carbons (Fsp3) is 0.333. The van der Waals surface area contributed by atoms with Crippen LogP contribution in [0.2, 0.25) is 0 Å². The second-order valence-electron chi connectivity index (χ2n) is 5.27. The molecule has 3 aromatic rings. The first-order valence-corrected chi connectivity index (χ1v) is 9.97. The zero-order valence-corrected chi connectivity index (χ0v) is 22.2. The van der Waals surface area contributed by atoms with Crippen molar-refractivity contribution in [2.45, 2.75) is 35.6 Å². The van der Waals surface area contributed by atoms with Crippen molar-refractivity contribution in [1.29, 1.82) is 5.26 Å². The SMILES string of the molecule is C.C.CCO.CCO/C=C/C#N.CC[O-].NNc1cccnc1.Nc1ccn(-c2cccnc2)n1.[Na+]. The zero-order chi connectivity index (χ0) is 25.2. The molecular formula is C24H41N8NaO3. The van der Waals surface area contributed by atoms with E-state index in [4.69, 9.17) is 27.1 Å². The van der Waals surface area contributed by atoms with Crippen molar-refractivity contribution in [2.75, 3.05) is 31.0 Å². The summed E-state index contributed by atoms with van der Waals surface area (Å²) in [5, 5.41) is 28.4. The summed E-state index contributed by atoms with van der Waals surface area (Å²) in [6, 6.07) is 11.0. The molecule has 0 saturated heterocycles. The van der Waals surface area contributed by atoms with Crippen molar-refractivity contribution in [2.24, 2.45) is 5.84 Å². The van der Waals surface area contributed by atoms with E-state index in [2.05, 4.69) is 25.2 Å². The number of hydrogen-bond acceptors (Lipinski definition) is 10. The third-order valence-electron chi connectivity index (χ3n) is 2.75. The van der Waals surface area contributed by atoms with Gasteiger partial charge in [-0.1, -0.05) is 21.8 Å². The third-order valence-corrected chi connectivity index (χ3v) is 2.75. The Kier molecular flexibility index (Phi) is 41.0. The number of allylic oxidation sites excluding steroid dienone is 1. The van der Waals surface area contributed by atoms with Crippen LogP contribution < -0.4 is 51.7 Å². The molecular weight excluding hydrogens is 471 g/mol. The molecule has 196 valence electrons. The number of nitrogen functional groups attached to an aromatic ring is 2. The molecule has 0 aliphatic carbocycles. The zero-order valence-electron chi connectivity index (χ0n) is 20.2. The first-order valence-electron chi connectivity index (χ1n) is 9.97. The molecule has 0 aliphatic rings. The van der Waals surface area contributed by atoms with E-state index in [1.807, 2.05) is 31.2 Å². The minimum atomic E-state index is 0. The molecule has 0 radical (unpaired) electrons. The summed E-state index contributed by atoms with van der Waals surface area (Å²) >= 11 is 0. The maximum atomic E-state index is 8.93. The van der Waals surface area contributed by atoms with Crippen LogP contribution in [-0.4, -0.2) is 44.7 Å². The van der Waals surface area contributed by atoms with Crippen molar-refractivity contribution in [3.05, 3.63) is 73.7 Å². The van der Waals surface area contributed by atoms with Crippen molar-refractivity contribution < 1.29 is 44.5 Å². The van der Waals surface area contributed by atoms with Gasteiger partial charge >= 0.3 is 29.6 Å². The average molecular weight is 513 g/mol. The second kappa shape index (κ2) is 34.2. The normalized spacial score (nSPS) is 7.92. The Morgan fingerprint density at radius 3 is 2.03 bits per heavy atom. The van der Waals surface area contributed by atoms with Crippen molar-refractivity contribution in [3.8, 4) is 11.8 Å². The van der Waals surface area contributed by atoms with Crippen molar-refractivity contribution in [1.82, 2.24) is 19.7 Å². The van der Waals surface area contributed by atoms with E-state index in [0.717, 1.165) is 11.4 Å². The van der Waals surface area contributed by atoms with Gasteiger partial charge in [0.25, 0.3) is 0 Å². The molecule has 0 bridgehead atoms. The van der Waals surface area contributed by atoms with Crippen LogP contribution in [0, 0.1) is 11.3 Å². The number of aliphatic hydroxyl groups is 1. The first kappa shape index (κ1) is 43.1. The number of pyridine rings is 2. The fourth-order valence-corrected chi connectivity index (χ4v) is 1.59. The van der Waals surface area contributed by atoms with E-state index in [9.17, 15) is 0 Å². The third kappa shape index (κ3) is 27.3. The summed E-state index contributed by atoms with van der Waals surface area (Å²) < 4.78 is 6.35. The number of rotatable bonds is 4. The Balaban J connectivity index is -0.000000119. The van der Waals surface area contributed by atoms with Gasteiger partial charge in [0.2, 0.25) is 0 Å². The second-order valence-corrected chi connectivity index (χ2v) is 5.27. The van der Waals surface area contributed by atoms with Crippen LogP contribution in [0.5, 0.6) is 0 Å². The summed E-state index contributed by atoms with van der Waals surface area (Å²) in [6.45, 7) is 5.99. The Morgan fingerprint density at radius 2 is 1.69 bits per heavy atom. The van der Waals surface area contributed by atoms with Gasteiger partial charge in [-0.2, -0.15) is 10.4 Å². The van der Waals surface area contributed by atoms with Gasteiger partial charge in [-0.05, 0) is 38.1 Å². The van der Waals surface area contributed by atoms with Crippen LogP contribution in [0.1, 0.15) is 35.6 Å². The maximum Gasteiger partial charge on any atom is 1.00 e. The maximum absolute atomic E-state index is 8.93. The van der Waals surface area contributed by atoms with Crippen LogP contribution >= 0.6 is 0 Å². The number of hydrogen-bond donors (Lipinski definition) is 4. The van der Waals surface area contributed by atoms with Crippen LogP contribution in [0.4, 0.5) is 11.5 Å². The summed E-state index contributed by atoms with van der Waals surface area (Å²) in [5.41, 5.74) is 9.67. The summed E-state index contributed by atoms with van der Waals surface area (Å²) in [7, 11) is 0. The molecule has 0 saturated carbocycles. The largest absolute Gasteiger partial charge is 1.00 e. The minimum Gasteiger partial charge on any atom is -0.855 e. The van der Waals surface area contributed by atoms with Crippen LogP contribution in [0.3, 0.4) is 0 Å². The van der Waals surface area contributed by atoms with E-state index in [-0.39, 0.29) is 57.6 Å². The van der Waals surface area contributed by atoms with E-state index in [1.165, 1.54) is 12.3 Å². The number of aliphatic hydroxyl groups excluding tert-OH is 1. The molecule has 3 rings (SSSR count). The molecule has 0 aromatic carbocycles.